The fourth-order valence-corrected chi connectivity index (χ4v) is 9.06. The Labute approximate surface area is 307 Å². The minimum Gasteiger partial charge on any atom is -0.309 e. The molecule has 0 N–H and O–H groups in total. The highest BCUT2D eigenvalue weighted by atomic mass is 15.2. The number of rotatable bonds is 4. The maximum absolute atomic E-state index is 5.44. The van der Waals surface area contributed by atoms with Crippen molar-refractivity contribution in [3.8, 4) is 45.3 Å². The van der Waals surface area contributed by atoms with Gasteiger partial charge in [0.25, 0.3) is 0 Å². The Bertz CT molecular complexity index is 3000. The number of para-hydroxylation sites is 3. The van der Waals surface area contributed by atoms with Crippen LogP contribution in [0.3, 0.4) is 0 Å². The molecule has 1 aliphatic carbocycles. The number of hydrogen-bond acceptors (Lipinski definition) is 2. The Morgan fingerprint density at radius 1 is 0.472 bits per heavy atom. The standard InChI is InChI=1S/C49H34N4/c1-49(2)37-27-15-12-24-34(37)42-45(49)43-35-25-13-17-29-41(35)53(47(43)44-36-26-14-16-28-40(36)52(46(42)44)33-22-10-5-11-23-33)48-50-38(31-18-6-3-7-19-31)30-39(51-48)32-20-8-4-9-21-32/h3-30H,1-2H3. The minimum absolute atomic E-state index is 0.271. The predicted molar refractivity (Wildman–Crippen MR) is 219 cm³/mol. The van der Waals surface area contributed by atoms with Gasteiger partial charge in [0.1, 0.15) is 0 Å². The van der Waals surface area contributed by atoms with Crippen LogP contribution in [0.2, 0.25) is 0 Å². The van der Waals surface area contributed by atoms with E-state index in [9.17, 15) is 0 Å². The quantitative estimate of drug-likeness (QED) is 0.186. The zero-order valence-electron chi connectivity index (χ0n) is 29.5. The molecule has 11 rings (SSSR count). The average Bonchev–Trinajstić information content (AvgIpc) is 3.82. The zero-order valence-corrected chi connectivity index (χ0v) is 29.5. The number of fused-ring (bicyclic) bond motifs is 12. The van der Waals surface area contributed by atoms with Gasteiger partial charge in [-0.2, -0.15) is 0 Å². The van der Waals surface area contributed by atoms with Gasteiger partial charge in [-0.3, -0.25) is 4.57 Å². The highest BCUT2D eigenvalue weighted by Gasteiger charge is 2.41. The highest BCUT2D eigenvalue weighted by Crippen LogP contribution is 2.58. The van der Waals surface area contributed by atoms with Crippen LogP contribution >= 0.6 is 0 Å². The van der Waals surface area contributed by atoms with Gasteiger partial charge in [-0.15, -0.1) is 0 Å². The summed E-state index contributed by atoms with van der Waals surface area (Å²) in [5, 5.41) is 4.87. The van der Waals surface area contributed by atoms with E-state index in [1.54, 1.807) is 0 Å². The van der Waals surface area contributed by atoms with Gasteiger partial charge in [0.2, 0.25) is 5.95 Å². The molecule has 53 heavy (non-hydrogen) atoms. The fraction of sp³-hybridized carbons (Fsp3) is 0.0612. The van der Waals surface area contributed by atoms with Gasteiger partial charge in [-0.25, -0.2) is 9.97 Å². The molecule has 0 fully saturated rings. The van der Waals surface area contributed by atoms with E-state index < -0.39 is 0 Å². The maximum atomic E-state index is 5.44. The third-order valence-electron chi connectivity index (χ3n) is 11.3. The average molecular weight is 679 g/mol. The van der Waals surface area contributed by atoms with Gasteiger partial charge in [0, 0.05) is 49.3 Å². The molecule has 4 nitrogen and oxygen atoms in total. The van der Waals surface area contributed by atoms with E-state index >= 15 is 0 Å². The molecule has 0 atom stereocenters. The minimum atomic E-state index is -0.271. The maximum Gasteiger partial charge on any atom is 0.235 e. The molecular weight excluding hydrogens is 645 g/mol. The fourth-order valence-electron chi connectivity index (χ4n) is 9.06. The number of nitrogens with zero attached hydrogens (tertiary/aromatic N) is 4. The first kappa shape index (κ1) is 29.9. The van der Waals surface area contributed by atoms with Gasteiger partial charge in [-0.05, 0) is 47.0 Å². The first-order valence-electron chi connectivity index (χ1n) is 18.3. The van der Waals surface area contributed by atoms with Crippen LogP contribution in [0, 0.1) is 0 Å². The normalized spacial score (nSPS) is 13.2. The van der Waals surface area contributed by atoms with Crippen molar-refractivity contribution >= 4 is 43.6 Å². The third-order valence-corrected chi connectivity index (χ3v) is 11.3. The molecular formula is C49H34N4. The van der Waals surface area contributed by atoms with Crippen LogP contribution in [0.15, 0.2) is 170 Å². The Balaban J connectivity index is 1.41. The molecule has 3 heterocycles. The van der Waals surface area contributed by atoms with Crippen LogP contribution in [-0.4, -0.2) is 19.1 Å². The summed E-state index contributed by atoms with van der Waals surface area (Å²) in [6.45, 7) is 4.79. The van der Waals surface area contributed by atoms with E-state index in [2.05, 4.69) is 193 Å². The van der Waals surface area contributed by atoms with Crippen molar-refractivity contribution in [3.63, 3.8) is 0 Å². The predicted octanol–water partition coefficient (Wildman–Crippen LogP) is 12.3. The van der Waals surface area contributed by atoms with E-state index in [-0.39, 0.29) is 5.41 Å². The zero-order chi connectivity index (χ0) is 35.3. The SMILES string of the molecule is CC1(C)c2ccccc2-c2c1c1c3ccccc3n(-c3nc(-c4ccccc4)cc(-c4ccccc4)n3)c1c1c3ccccc3n(-c3ccccc3)c21. The van der Waals surface area contributed by atoms with Crippen molar-refractivity contribution in [2.45, 2.75) is 19.3 Å². The van der Waals surface area contributed by atoms with E-state index in [0.29, 0.717) is 5.95 Å². The molecule has 10 aromatic rings. The molecule has 0 bridgehead atoms. The number of benzene rings is 7. The van der Waals surface area contributed by atoms with Crippen LogP contribution in [0.4, 0.5) is 0 Å². The first-order valence-corrected chi connectivity index (χ1v) is 18.3. The van der Waals surface area contributed by atoms with Gasteiger partial charge in [0.15, 0.2) is 0 Å². The summed E-state index contributed by atoms with van der Waals surface area (Å²) in [7, 11) is 0. The van der Waals surface area contributed by atoms with Crippen LogP contribution < -0.4 is 0 Å². The molecule has 0 aliphatic heterocycles. The van der Waals surface area contributed by atoms with Crippen molar-refractivity contribution in [2.75, 3.05) is 0 Å². The second-order valence-electron chi connectivity index (χ2n) is 14.6. The molecule has 4 heteroatoms. The summed E-state index contributed by atoms with van der Waals surface area (Å²) >= 11 is 0. The van der Waals surface area contributed by atoms with E-state index in [0.717, 1.165) is 39.2 Å². The van der Waals surface area contributed by atoms with Gasteiger partial charge < -0.3 is 4.57 Å². The second-order valence-corrected chi connectivity index (χ2v) is 14.6. The van der Waals surface area contributed by atoms with Crippen molar-refractivity contribution in [1.29, 1.82) is 0 Å². The molecule has 3 aromatic heterocycles. The third kappa shape index (κ3) is 4.18. The lowest BCUT2D eigenvalue weighted by Crippen LogP contribution is -2.15. The first-order chi connectivity index (χ1) is 26.1. The molecule has 0 amide bonds. The van der Waals surface area contributed by atoms with Crippen LogP contribution in [0.1, 0.15) is 25.0 Å². The molecule has 7 aromatic carbocycles. The van der Waals surface area contributed by atoms with Crippen molar-refractivity contribution in [1.82, 2.24) is 19.1 Å². The highest BCUT2D eigenvalue weighted by molar-refractivity contribution is 6.31. The van der Waals surface area contributed by atoms with Crippen molar-refractivity contribution in [3.05, 3.63) is 181 Å². The summed E-state index contributed by atoms with van der Waals surface area (Å²) in [5.41, 5.74) is 14.6. The molecule has 250 valence electrons. The van der Waals surface area contributed by atoms with Crippen LogP contribution in [0.5, 0.6) is 0 Å². The second kappa shape index (κ2) is 11.1. The smallest absolute Gasteiger partial charge is 0.235 e. The lowest BCUT2D eigenvalue weighted by Gasteiger charge is -2.23. The van der Waals surface area contributed by atoms with Gasteiger partial charge >= 0.3 is 0 Å². The van der Waals surface area contributed by atoms with E-state index in [1.165, 1.54) is 54.8 Å². The van der Waals surface area contributed by atoms with Crippen LogP contribution in [0.25, 0.3) is 88.9 Å². The lowest BCUT2D eigenvalue weighted by atomic mass is 9.80. The summed E-state index contributed by atoms with van der Waals surface area (Å²) < 4.78 is 4.84. The van der Waals surface area contributed by atoms with Gasteiger partial charge in [0.05, 0.1) is 33.5 Å². The summed E-state index contributed by atoms with van der Waals surface area (Å²) in [6, 6.07) is 60.6. The number of aromatic nitrogens is 4. The molecule has 0 saturated heterocycles. The molecule has 1 aliphatic rings. The Hall–Kier alpha value is -6.78. The Kier molecular flexibility index (Phi) is 6.27. The Morgan fingerprint density at radius 2 is 0.981 bits per heavy atom. The summed E-state index contributed by atoms with van der Waals surface area (Å²) in [4.78, 5) is 10.9. The van der Waals surface area contributed by atoms with Gasteiger partial charge in [-0.1, -0.05) is 153 Å². The molecule has 0 saturated carbocycles. The van der Waals surface area contributed by atoms with Crippen molar-refractivity contribution < 1.29 is 0 Å². The van der Waals surface area contributed by atoms with Crippen LogP contribution in [-0.2, 0) is 5.41 Å². The van der Waals surface area contributed by atoms with Crippen molar-refractivity contribution in [2.24, 2.45) is 0 Å². The molecule has 0 spiro atoms. The molecule has 0 unspecified atom stereocenters. The van der Waals surface area contributed by atoms with E-state index in [4.69, 9.17) is 9.97 Å². The lowest BCUT2D eigenvalue weighted by molar-refractivity contribution is 0.667. The largest absolute Gasteiger partial charge is 0.309 e. The van der Waals surface area contributed by atoms with E-state index in [1.807, 2.05) is 0 Å². The Morgan fingerprint density at radius 3 is 1.62 bits per heavy atom. The number of hydrogen-bond donors (Lipinski definition) is 0. The summed E-state index contributed by atoms with van der Waals surface area (Å²) in [6.07, 6.45) is 0. The monoisotopic (exact) mass is 678 g/mol. The summed E-state index contributed by atoms with van der Waals surface area (Å²) in [5.74, 6) is 0.655. The topological polar surface area (TPSA) is 35.6 Å². The molecule has 0 radical (unpaired) electrons.